The van der Waals surface area contributed by atoms with Gasteiger partial charge in [-0.25, -0.2) is 9.59 Å². The predicted octanol–water partition coefficient (Wildman–Crippen LogP) is 3.01. The Labute approximate surface area is 118 Å². The molecule has 1 aliphatic heterocycles. The summed E-state index contributed by atoms with van der Waals surface area (Å²) in [6.45, 7) is 2.66. The zero-order chi connectivity index (χ0) is 13.8. The topological polar surface area (TPSA) is 75.6 Å². The number of hydrogen-bond acceptors (Lipinski definition) is 3. The van der Waals surface area contributed by atoms with E-state index < -0.39 is 5.97 Å². The zero-order valence-corrected chi connectivity index (χ0v) is 10.8. The Bertz CT molecular complexity index is 469. The number of carboxylic acids is 1. The van der Waals surface area contributed by atoms with E-state index in [4.69, 9.17) is 9.84 Å². The summed E-state index contributed by atoms with van der Waals surface area (Å²) in [6.07, 6.45) is 1.31. The van der Waals surface area contributed by atoms with Crippen LogP contribution in [0.2, 0.25) is 0 Å². The number of ether oxygens (including phenoxy) is 1. The first-order valence-electron chi connectivity index (χ1n) is 6.34. The second-order valence-corrected chi connectivity index (χ2v) is 4.81. The van der Waals surface area contributed by atoms with Crippen LogP contribution in [0.3, 0.4) is 0 Å². The monoisotopic (exact) mass is 279 g/mol. The maximum atomic E-state index is 10.9. The molecule has 5 heteroatoms. The van der Waals surface area contributed by atoms with Gasteiger partial charge in [-0.05, 0) is 36.5 Å². The third-order valence-corrected chi connectivity index (χ3v) is 3.40. The Morgan fingerprint density at radius 2 is 2.10 bits per heavy atom. The molecule has 0 radical (unpaired) electrons. The molecule has 20 heavy (non-hydrogen) atoms. The number of aromatic carboxylic acids is 1. The molecule has 0 spiro atoms. The molecule has 0 saturated carbocycles. The molecule has 1 amide bonds. The van der Waals surface area contributed by atoms with Gasteiger partial charge >= 0.3 is 12.1 Å². The number of carbonyl (C=O) groups excluding carboxylic acids is 1. The average molecular weight is 279 g/mol. The van der Waals surface area contributed by atoms with Gasteiger partial charge in [0, 0.05) is 0 Å². The standard InChI is InChI=1S/C14H17NO4.CH4/c1-9(2-7-12-8-15-14(18)19-12)10-3-5-11(6-4-10)13(16)17;/h3-6,9,12H,2,7-8H2,1H3,(H,15,18)(H,16,17);1H4/t9-,12-;/m1./s1. The van der Waals surface area contributed by atoms with Gasteiger partial charge in [0.05, 0.1) is 12.1 Å². The van der Waals surface area contributed by atoms with Crippen LogP contribution in [-0.4, -0.2) is 29.8 Å². The van der Waals surface area contributed by atoms with Crippen LogP contribution in [0.25, 0.3) is 0 Å². The highest BCUT2D eigenvalue weighted by atomic mass is 16.6. The lowest BCUT2D eigenvalue weighted by molar-refractivity contribution is 0.0696. The molecule has 5 nitrogen and oxygen atoms in total. The van der Waals surface area contributed by atoms with E-state index in [9.17, 15) is 9.59 Å². The van der Waals surface area contributed by atoms with Crippen LogP contribution in [0.5, 0.6) is 0 Å². The fourth-order valence-corrected chi connectivity index (χ4v) is 2.15. The Morgan fingerprint density at radius 1 is 1.45 bits per heavy atom. The lowest BCUT2D eigenvalue weighted by Gasteiger charge is -2.14. The fourth-order valence-electron chi connectivity index (χ4n) is 2.15. The molecule has 1 fully saturated rings. The van der Waals surface area contributed by atoms with Gasteiger partial charge in [0.2, 0.25) is 0 Å². The first kappa shape index (κ1) is 16.0. The van der Waals surface area contributed by atoms with Crippen molar-refractivity contribution in [2.24, 2.45) is 0 Å². The molecule has 2 atom stereocenters. The number of rotatable bonds is 5. The summed E-state index contributed by atoms with van der Waals surface area (Å²) in [5, 5.41) is 11.5. The van der Waals surface area contributed by atoms with E-state index in [1.807, 2.05) is 12.1 Å². The minimum Gasteiger partial charge on any atom is -0.478 e. The number of carboxylic acid groups (broad SMARTS) is 1. The van der Waals surface area contributed by atoms with Crippen LogP contribution < -0.4 is 5.32 Å². The molecule has 2 rings (SSSR count). The van der Waals surface area contributed by atoms with Gasteiger partial charge < -0.3 is 15.2 Å². The lowest BCUT2D eigenvalue weighted by Crippen LogP contribution is -2.15. The first-order chi connectivity index (χ1) is 9.06. The van der Waals surface area contributed by atoms with Gasteiger partial charge in [-0.3, -0.25) is 0 Å². The van der Waals surface area contributed by atoms with Gasteiger partial charge in [-0.2, -0.15) is 0 Å². The van der Waals surface area contributed by atoms with Gasteiger partial charge in [0.25, 0.3) is 0 Å². The van der Waals surface area contributed by atoms with E-state index in [2.05, 4.69) is 12.2 Å². The lowest BCUT2D eigenvalue weighted by atomic mass is 9.94. The van der Waals surface area contributed by atoms with Gasteiger partial charge in [0.1, 0.15) is 6.10 Å². The maximum absolute atomic E-state index is 10.9. The third kappa shape index (κ3) is 3.98. The summed E-state index contributed by atoms with van der Waals surface area (Å²) < 4.78 is 5.07. The fraction of sp³-hybridized carbons (Fsp3) is 0.467. The highest BCUT2D eigenvalue weighted by molar-refractivity contribution is 5.87. The van der Waals surface area contributed by atoms with Crippen molar-refractivity contribution in [2.75, 3.05) is 6.54 Å². The molecular weight excluding hydrogens is 258 g/mol. The van der Waals surface area contributed by atoms with Gasteiger partial charge in [0.15, 0.2) is 0 Å². The highest BCUT2D eigenvalue weighted by Crippen LogP contribution is 2.23. The normalized spacial score (nSPS) is 18.6. The molecule has 1 aliphatic rings. The van der Waals surface area contributed by atoms with Crippen molar-refractivity contribution in [1.82, 2.24) is 5.32 Å². The molecular formula is C15H21NO4. The SMILES string of the molecule is C.C[C@H](CC[C@@H]1CNC(=O)O1)c1ccc(C(=O)O)cc1. The molecule has 0 aromatic heterocycles. The van der Waals surface area contributed by atoms with Crippen molar-refractivity contribution in [3.8, 4) is 0 Å². The van der Waals surface area contributed by atoms with Crippen molar-refractivity contribution < 1.29 is 19.4 Å². The van der Waals surface area contributed by atoms with E-state index in [1.165, 1.54) is 0 Å². The van der Waals surface area contributed by atoms with E-state index >= 15 is 0 Å². The second kappa shape index (κ2) is 6.93. The molecule has 2 N–H and O–H groups in total. The van der Waals surface area contributed by atoms with Crippen molar-refractivity contribution in [3.05, 3.63) is 35.4 Å². The Hall–Kier alpha value is -2.04. The Morgan fingerprint density at radius 3 is 2.60 bits per heavy atom. The molecule has 1 saturated heterocycles. The summed E-state index contributed by atoms with van der Waals surface area (Å²) >= 11 is 0. The molecule has 0 aliphatic carbocycles. The van der Waals surface area contributed by atoms with E-state index in [0.717, 1.165) is 18.4 Å². The number of cyclic esters (lactones) is 1. The van der Waals surface area contributed by atoms with Gasteiger partial charge in [-0.15, -0.1) is 0 Å². The number of nitrogens with one attached hydrogen (secondary N) is 1. The highest BCUT2D eigenvalue weighted by Gasteiger charge is 2.22. The molecule has 110 valence electrons. The van der Waals surface area contributed by atoms with E-state index in [1.54, 1.807) is 12.1 Å². The van der Waals surface area contributed by atoms with E-state index in [0.29, 0.717) is 18.0 Å². The predicted molar refractivity (Wildman–Crippen MR) is 76.1 cm³/mol. The Balaban J connectivity index is 0.00000200. The minimum absolute atomic E-state index is 0. The van der Waals surface area contributed by atoms with Crippen molar-refractivity contribution in [1.29, 1.82) is 0 Å². The molecule has 1 heterocycles. The van der Waals surface area contributed by atoms with E-state index in [-0.39, 0.29) is 19.6 Å². The van der Waals surface area contributed by atoms with Crippen molar-refractivity contribution in [3.63, 3.8) is 0 Å². The molecule has 0 unspecified atom stereocenters. The van der Waals surface area contributed by atoms with Crippen LogP contribution >= 0.6 is 0 Å². The zero-order valence-electron chi connectivity index (χ0n) is 10.8. The van der Waals surface area contributed by atoms with Crippen LogP contribution in [0, 0.1) is 0 Å². The van der Waals surface area contributed by atoms with Gasteiger partial charge in [-0.1, -0.05) is 26.5 Å². The minimum atomic E-state index is -0.914. The molecule has 1 aromatic carbocycles. The van der Waals surface area contributed by atoms with Crippen LogP contribution in [0.4, 0.5) is 4.79 Å². The quantitative estimate of drug-likeness (QED) is 0.868. The third-order valence-electron chi connectivity index (χ3n) is 3.40. The van der Waals surface area contributed by atoms with Crippen molar-refractivity contribution in [2.45, 2.75) is 39.2 Å². The average Bonchev–Trinajstić information content (AvgIpc) is 2.82. The second-order valence-electron chi connectivity index (χ2n) is 4.81. The number of alkyl carbamates (subject to hydrolysis) is 1. The smallest absolute Gasteiger partial charge is 0.407 e. The largest absolute Gasteiger partial charge is 0.478 e. The number of amides is 1. The maximum Gasteiger partial charge on any atom is 0.407 e. The summed E-state index contributed by atoms with van der Waals surface area (Å²) in [5.74, 6) is -0.606. The summed E-state index contributed by atoms with van der Waals surface area (Å²) in [4.78, 5) is 21.6. The number of hydrogen-bond donors (Lipinski definition) is 2. The molecule has 1 aromatic rings. The first-order valence-corrected chi connectivity index (χ1v) is 6.34. The summed E-state index contributed by atoms with van der Waals surface area (Å²) in [6, 6.07) is 6.91. The summed E-state index contributed by atoms with van der Waals surface area (Å²) in [7, 11) is 0. The number of carbonyl (C=O) groups is 2. The Kier molecular flexibility index (Phi) is 5.55. The molecule has 0 bridgehead atoms. The number of benzene rings is 1. The van der Waals surface area contributed by atoms with Crippen LogP contribution in [-0.2, 0) is 4.74 Å². The van der Waals surface area contributed by atoms with Crippen LogP contribution in [0.1, 0.15) is 49.0 Å². The van der Waals surface area contributed by atoms with Crippen molar-refractivity contribution >= 4 is 12.1 Å². The summed E-state index contributed by atoms with van der Waals surface area (Å²) in [5.41, 5.74) is 1.40. The van der Waals surface area contributed by atoms with Crippen LogP contribution in [0.15, 0.2) is 24.3 Å².